The van der Waals surface area contributed by atoms with Gasteiger partial charge in [0.1, 0.15) is 0 Å². The Morgan fingerprint density at radius 2 is 1.58 bits per heavy atom. The van der Waals surface area contributed by atoms with Gasteiger partial charge in [0.15, 0.2) is 0 Å². The first kappa shape index (κ1) is 16.2. The molecule has 1 N–H and O–H groups in total. The summed E-state index contributed by atoms with van der Waals surface area (Å²) in [6.07, 6.45) is 2.38. The molecule has 2 heteroatoms. The molecular formula is C17H30N2. The lowest BCUT2D eigenvalue weighted by Crippen LogP contribution is -2.25. The van der Waals surface area contributed by atoms with Gasteiger partial charge in [0.05, 0.1) is 0 Å². The van der Waals surface area contributed by atoms with E-state index in [0.29, 0.717) is 0 Å². The summed E-state index contributed by atoms with van der Waals surface area (Å²) in [5.74, 6) is 0. The maximum atomic E-state index is 3.20. The minimum Gasteiger partial charge on any atom is -0.320 e. The van der Waals surface area contributed by atoms with E-state index in [1.165, 1.54) is 35.2 Å². The summed E-state index contributed by atoms with van der Waals surface area (Å²) in [6.45, 7) is 12.4. The molecular weight excluding hydrogens is 232 g/mol. The molecule has 0 saturated heterocycles. The highest BCUT2D eigenvalue weighted by molar-refractivity contribution is 5.44. The van der Waals surface area contributed by atoms with Gasteiger partial charge in [0.25, 0.3) is 0 Å². The van der Waals surface area contributed by atoms with Gasteiger partial charge in [-0.1, -0.05) is 6.07 Å². The number of hydrogen-bond acceptors (Lipinski definition) is 2. The van der Waals surface area contributed by atoms with Gasteiger partial charge in [0.2, 0.25) is 0 Å². The van der Waals surface area contributed by atoms with Crippen molar-refractivity contribution in [2.75, 3.05) is 33.7 Å². The van der Waals surface area contributed by atoms with Gasteiger partial charge in [-0.05, 0) is 95.5 Å². The molecule has 0 aliphatic carbocycles. The van der Waals surface area contributed by atoms with Gasteiger partial charge in [-0.2, -0.15) is 0 Å². The highest BCUT2D eigenvalue weighted by Gasteiger charge is 2.09. The first-order valence-electron chi connectivity index (χ1n) is 7.36. The minimum atomic E-state index is 1.10. The van der Waals surface area contributed by atoms with Gasteiger partial charge in [-0.15, -0.1) is 0 Å². The number of rotatable bonds is 7. The zero-order valence-electron chi connectivity index (χ0n) is 13.6. The molecule has 0 amide bonds. The summed E-state index contributed by atoms with van der Waals surface area (Å²) < 4.78 is 0. The Balaban J connectivity index is 2.62. The van der Waals surface area contributed by atoms with Gasteiger partial charge in [-0.3, -0.25) is 0 Å². The van der Waals surface area contributed by atoms with Crippen molar-refractivity contribution >= 4 is 0 Å². The zero-order chi connectivity index (χ0) is 14.4. The van der Waals surface area contributed by atoms with Crippen LogP contribution >= 0.6 is 0 Å². The molecule has 2 nitrogen and oxygen atoms in total. The Morgan fingerprint density at radius 1 is 1.00 bits per heavy atom. The van der Waals surface area contributed by atoms with Crippen LogP contribution in [0.25, 0.3) is 0 Å². The average molecular weight is 262 g/mol. The van der Waals surface area contributed by atoms with Crippen molar-refractivity contribution in [1.82, 2.24) is 10.2 Å². The Bertz CT molecular complexity index is 384. The molecule has 0 saturated carbocycles. The molecule has 0 aromatic heterocycles. The molecule has 0 aliphatic rings. The SMILES string of the molecule is CNCCCN(C)CCc1c(C)c(C)cc(C)c1C. The fourth-order valence-corrected chi connectivity index (χ4v) is 2.61. The van der Waals surface area contributed by atoms with Crippen LogP contribution < -0.4 is 5.32 Å². The quantitative estimate of drug-likeness (QED) is 0.760. The number of benzene rings is 1. The van der Waals surface area contributed by atoms with E-state index in [-0.39, 0.29) is 0 Å². The fourth-order valence-electron chi connectivity index (χ4n) is 2.61. The predicted octanol–water partition coefficient (Wildman–Crippen LogP) is 3.00. The molecule has 1 rings (SSSR count). The van der Waals surface area contributed by atoms with Crippen LogP contribution in [-0.4, -0.2) is 38.6 Å². The van der Waals surface area contributed by atoms with Gasteiger partial charge in [0, 0.05) is 6.54 Å². The van der Waals surface area contributed by atoms with Gasteiger partial charge >= 0.3 is 0 Å². The number of hydrogen-bond donors (Lipinski definition) is 1. The standard InChI is InChI=1S/C17H30N2/c1-13-12-14(2)16(4)17(15(13)3)8-11-19(6)10-7-9-18-5/h12,18H,7-11H2,1-6H3. The van der Waals surface area contributed by atoms with Gasteiger partial charge in [-0.25, -0.2) is 0 Å². The topological polar surface area (TPSA) is 15.3 Å². The molecule has 0 aliphatic heterocycles. The molecule has 0 bridgehead atoms. The monoisotopic (exact) mass is 262 g/mol. The summed E-state index contributed by atoms with van der Waals surface area (Å²) in [7, 11) is 4.24. The van der Waals surface area contributed by atoms with Crippen molar-refractivity contribution < 1.29 is 0 Å². The largest absolute Gasteiger partial charge is 0.320 e. The molecule has 19 heavy (non-hydrogen) atoms. The lowest BCUT2D eigenvalue weighted by molar-refractivity contribution is 0.332. The maximum absolute atomic E-state index is 3.20. The van der Waals surface area contributed by atoms with Crippen molar-refractivity contribution in [3.63, 3.8) is 0 Å². The molecule has 1 aromatic carbocycles. The zero-order valence-corrected chi connectivity index (χ0v) is 13.6. The van der Waals surface area contributed by atoms with E-state index in [1.54, 1.807) is 5.56 Å². The van der Waals surface area contributed by atoms with Crippen LogP contribution in [0.2, 0.25) is 0 Å². The number of likely N-dealkylation sites (N-methyl/N-ethyl adjacent to an activating group) is 1. The van der Waals surface area contributed by atoms with Gasteiger partial charge < -0.3 is 10.2 Å². The molecule has 0 radical (unpaired) electrons. The van der Waals surface area contributed by atoms with Crippen molar-refractivity contribution in [1.29, 1.82) is 0 Å². The van der Waals surface area contributed by atoms with Crippen LogP contribution in [0.1, 0.15) is 34.2 Å². The molecule has 108 valence electrons. The number of nitrogens with zero attached hydrogens (tertiary/aromatic N) is 1. The van der Waals surface area contributed by atoms with Crippen molar-refractivity contribution in [2.45, 2.75) is 40.5 Å². The van der Waals surface area contributed by atoms with E-state index < -0.39 is 0 Å². The third kappa shape index (κ3) is 4.63. The van der Waals surface area contributed by atoms with E-state index in [4.69, 9.17) is 0 Å². The lowest BCUT2D eigenvalue weighted by atomic mass is 9.92. The first-order valence-corrected chi connectivity index (χ1v) is 7.36. The summed E-state index contributed by atoms with van der Waals surface area (Å²) in [6, 6.07) is 2.31. The molecule has 0 spiro atoms. The molecule has 1 aromatic rings. The molecule has 0 atom stereocenters. The van der Waals surface area contributed by atoms with Crippen molar-refractivity contribution in [3.8, 4) is 0 Å². The van der Waals surface area contributed by atoms with Crippen LogP contribution in [0.15, 0.2) is 6.07 Å². The predicted molar refractivity (Wildman–Crippen MR) is 85.1 cm³/mol. The second-order valence-electron chi connectivity index (χ2n) is 5.75. The van der Waals surface area contributed by atoms with Crippen molar-refractivity contribution in [2.24, 2.45) is 0 Å². The maximum Gasteiger partial charge on any atom is 0.00190 e. The summed E-state index contributed by atoms with van der Waals surface area (Å²) >= 11 is 0. The van der Waals surface area contributed by atoms with Crippen LogP contribution in [0.4, 0.5) is 0 Å². The fraction of sp³-hybridized carbons (Fsp3) is 0.647. The third-order valence-corrected chi connectivity index (χ3v) is 4.23. The summed E-state index contributed by atoms with van der Waals surface area (Å²) in [4.78, 5) is 2.44. The summed E-state index contributed by atoms with van der Waals surface area (Å²) in [5.41, 5.74) is 7.36. The van der Waals surface area contributed by atoms with Crippen LogP contribution in [0, 0.1) is 27.7 Å². The Hall–Kier alpha value is -0.860. The van der Waals surface area contributed by atoms with E-state index in [0.717, 1.165) is 19.5 Å². The molecule has 0 fully saturated rings. The highest BCUT2D eigenvalue weighted by atomic mass is 15.1. The van der Waals surface area contributed by atoms with Crippen molar-refractivity contribution in [3.05, 3.63) is 33.9 Å². The van der Waals surface area contributed by atoms with E-state index in [2.05, 4.69) is 51.0 Å². The molecule has 0 unspecified atom stereocenters. The first-order chi connectivity index (χ1) is 8.97. The summed E-state index contributed by atoms with van der Waals surface area (Å²) in [5, 5.41) is 3.20. The van der Waals surface area contributed by atoms with E-state index in [9.17, 15) is 0 Å². The third-order valence-electron chi connectivity index (χ3n) is 4.23. The highest BCUT2D eigenvalue weighted by Crippen LogP contribution is 2.22. The second-order valence-corrected chi connectivity index (χ2v) is 5.75. The minimum absolute atomic E-state index is 1.10. The van der Waals surface area contributed by atoms with Crippen LogP contribution in [0.5, 0.6) is 0 Å². The smallest absolute Gasteiger partial charge is 0.00190 e. The number of aryl methyl sites for hydroxylation is 2. The molecule has 0 heterocycles. The average Bonchev–Trinajstić information content (AvgIpc) is 2.37. The Kier molecular flexibility index (Phi) is 6.53. The second kappa shape index (κ2) is 7.66. The van der Waals surface area contributed by atoms with E-state index in [1.807, 2.05) is 7.05 Å². The normalized spacial score (nSPS) is 11.3. The van der Waals surface area contributed by atoms with Crippen LogP contribution in [-0.2, 0) is 6.42 Å². The Labute approximate surface area is 119 Å². The number of nitrogens with one attached hydrogen (secondary N) is 1. The lowest BCUT2D eigenvalue weighted by Gasteiger charge is -2.20. The van der Waals surface area contributed by atoms with E-state index >= 15 is 0 Å². The Morgan fingerprint density at radius 3 is 2.11 bits per heavy atom. The van der Waals surface area contributed by atoms with Crippen LogP contribution in [0.3, 0.4) is 0 Å².